The fourth-order valence-corrected chi connectivity index (χ4v) is 2.32. The van der Waals surface area contributed by atoms with Crippen molar-refractivity contribution in [3.8, 4) is 0 Å². The van der Waals surface area contributed by atoms with E-state index in [4.69, 9.17) is 37.4 Å². The lowest BCUT2D eigenvalue weighted by Gasteiger charge is -2.29. The van der Waals surface area contributed by atoms with Crippen LogP contribution in [0.25, 0.3) is 0 Å². The fraction of sp³-hybridized carbons (Fsp3) is 1.00. The van der Waals surface area contributed by atoms with E-state index in [2.05, 4.69) is 27.7 Å². The van der Waals surface area contributed by atoms with Crippen LogP contribution < -0.4 is 0 Å². The third kappa shape index (κ3) is 29.6. The molecule has 2 N–H and O–H groups in total. The number of unbranched alkanes of at least 4 members (excludes halogenated alkanes) is 4. The third-order valence-corrected chi connectivity index (χ3v) is 4.79. The van der Waals surface area contributed by atoms with E-state index < -0.39 is 10.4 Å². The number of hydrogen-bond donors (Lipinski definition) is 2. The molecule has 2 atom stereocenters. The van der Waals surface area contributed by atoms with E-state index in [9.17, 15) is 0 Å². The Morgan fingerprint density at radius 3 is 1.19 bits per heavy atom. The van der Waals surface area contributed by atoms with Gasteiger partial charge in [0.05, 0.1) is 27.3 Å². The van der Waals surface area contributed by atoms with E-state index in [1.807, 2.05) is 14.1 Å². The van der Waals surface area contributed by atoms with Gasteiger partial charge in [-0.15, -0.1) is 0 Å². The standard InChI is InChI=1S/2C10H24NO2.H2O4S/c2*1-4-6-7-10-13-11(3,5-2)8-9-12;1-5(2,3)4/h2*12H,4-10H2,1-3H3;(H2,1,2,3,4)/q2*+1;/p-2. The average molecular weight is 477 g/mol. The summed E-state index contributed by atoms with van der Waals surface area (Å²) in [5, 5.41) is 17.7. The Morgan fingerprint density at radius 1 is 0.710 bits per heavy atom. The van der Waals surface area contributed by atoms with Crippen LogP contribution in [0.4, 0.5) is 0 Å². The molecule has 0 fully saturated rings. The van der Waals surface area contributed by atoms with Crippen molar-refractivity contribution in [1.29, 1.82) is 0 Å². The second-order valence-corrected chi connectivity index (χ2v) is 8.43. The lowest BCUT2D eigenvalue weighted by atomic mass is 10.3. The molecule has 0 aliphatic heterocycles. The first kappa shape index (κ1) is 35.2. The number of nitrogens with zero attached hydrogens (tertiary/aromatic N) is 2. The summed E-state index contributed by atoms with van der Waals surface area (Å²) in [6.07, 6.45) is 7.13. The Bertz CT molecular complexity index is 446. The minimum atomic E-state index is -5.17. The molecule has 0 aromatic rings. The van der Waals surface area contributed by atoms with Crippen molar-refractivity contribution in [3.05, 3.63) is 0 Å². The minimum absolute atomic E-state index is 0.193. The quantitative estimate of drug-likeness (QED) is 0.113. The number of quaternary nitrogens is 2. The van der Waals surface area contributed by atoms with Crippen LogP contribution in [0.15, 0.2) is 0 Å². The van der Waals surface area contributed by atoms with Crippen molar-refractivity contribution in [2.75, 3.05) is 66.7 Å². The lowest BCUT2D eigenvalue weighted by Crippen LogP contribution is -2.45. The molecule has 0 rings (SSSR count). The van der Waals surface area contributed by atoms with E-state index in [0.717, 1.165) is 39.1 Å². The smallest absolute Gasteiger partial charge is 0.132 e. The highest BCUT2D eigenvalue weighted by atomic mass is 32.3. The minimum Gasteiger partial charge on any atom is -0.759 e. The van der Waals surface area contributed by atoms with Crippen LogP contribution in [0.2, 0.25) is 0 Å². The van der Waals surface area contributed by atoms with Crippen molar-refractivity contribution in [3.63, 3.8) is 0 Å². The first-order valence-corrected chi connectivity index (χ1v) is 12.6. The summed E-state index contributed by atoms with van der Waals surface area (Å²) >= 11 is 0. The molecule has 0 amide bonds. The van der Waals surface area contributed by atoms with Gasteiger partial charge in [0.1, 0.15) is 39.4 Å². The summed E-state index contributed by atoms with van der Waals surface area (Å²) in [6.45, 7) is 13.7. The van der Waals surface area contributed by atoms with E-state index in [-0.39, 0.29) is 13.2 Å². The summed E-state index contributed by atoms with van der Waals surface area (Å²) in [5.41, 5.74) is 0. The van der Waals surface area contributed by atoms with Gasteiger partial charge in [-0.1, -0.05) is 39.5 Å². The maximum absolute atomic E-state index is 8.84. The molecule has 0 saturated carbocycles. The lowest BCUT2D eigenvalue weighted by molar-refractivity contribution is -1.09. The molecular weight excluding hydrogens is 428 g/mol. The van der Waals surface area contributed by atoms with Gasteiger partial charge < -0.3 is 19.3 Å². The molecule has 192 valence electrons. The summed E-state index contributed by atoms with van der Waals surface area (Å²) in [5.74, 6) is 0. The SMILES string of the molecule is CCCCCO[N+](C)(CC)CCO.CCCCCO[N+](C)(CC)CCO.O=S(=O)([O-])[O-]. The molecule has 10 nitrogen and oxygen atoms in total. The first-order valence-electron chi connectivity index (χ1n) is 11.2. The van der Waals surface area contributed by atoms with Gasteiger partial charge in [-0.05, 0) is 26.7 Å². The topological polar surface area (TPSA) is 139 Å². The number of rotatable bonds is 16. The van der Waals surface area contributed by atoms with Gasteiger partial charge in [0.2, 0.25) is 0 Å². The molecule has 0 spiro atoms. The van der Waals surface area contributed by atoms with Gasteiger partial charge in [0.15, 0.2) is 0 Å². The van der Waals surface area contributed by atoms with Gasteiger partial charge >= 0.3 is 0 Å². The van der Waals surface area contributed by atoms with Crippen molar-refractivity contribution >= 4 is 10.4 Å². The van der Waals surface area contributed by atoms with Crippen LogP contribution in [0.1, 0.15) is 66.2 Å². The molecule has 0 bridgehead atoms. The summed E-state index contributed by atoms with van der Waals surface area (Å²) < 4.78 is 35.1. The number of aliphatic hydroxyl groups excluding tert-OH is 2. The average Bonchev–Trinajstić information content (AvgIpc) is 2.68. The van der Waals surface area contributed by atoms with Crippen molar-refractivity contribution in [2.45, 2.75) is 66.2 Å². The third-order valence-electron chi connectivity index (χ3n) is 4.79. The van der Waals surface area contributed by atoms with Gasteiger partial charge in [0.25, 0.3) is 0 Å². The predicted octanol–water partition coefficient (Wildman–Crippen LogP) is 1.80. The Kier molecular flexibility index (Phi) is 24.4. The molecule has 0 aromatic heterocycles. The van der Waals surface area contributed by atoms with Crippen molar-refractivity contribution in [1.82, 2.24) is 0 Å². The Hall–Kier alpha value is -0.370. The summed E-state index contributed by atoms with van der Waals surface area (Å²) in [7, 11) is -1.13. The zero-order chi connectivity index (χ0) is 24.8. The van der Waals surface area contributed by atoms with Gasteiger partial charge in [0, 0.05) is 10.4 Å². The second kappa shape index (κ2) is 21.5. The van der Waals surface area contributed by atoms with Crippen LogP contribution in [0, 0.1) is 0 Å². The Morgan fingerprint density at radius 2 is 1.00 bits per heavy atom. The van der Waals surface area contributed by atoms with E-state index in [1.165, 1.54) is 25.7 Å². The molecule has 11 heteroatoms. The molecule has 0 aromatic carbocycles. The zero-order valence-electron chi connectivity index (χ0n) is 20.5. The van der Waals surface area contributed by atoms with Gasteiger partial charge in [-0.25, -0.2) is 9.68 Å². The number of hydroxylamine groups is 6. The maximum Gasteiger partial charge on any atom is 0.132 e. The van der Waals surface area contributed by atoms with Crippen LogP contribution in [-0.4, -0.2) is 104 Å². The van der Waals surface area contributed by atoms with Crippen molar-refractivity contribution in [2.24, 2.45) is 0 Å². The largest absolute Gasteiger partial charge is 0.759 e. The number of likely N-dealkylation sites (N-methyl/N-ethyl adjacent to an activating group) is 2. The normalized spacial score (nSPS) is 15.0. The Balaban J connectivity index is -0.000000416. The molecule has 0 radical (unpaired) electrons. The fourth-order valence-electron chi connectivity index (χ4n) is 2.32. The van der Waals surface area contributed by atoms with Gasteiger partial charge in [-0.3, -0.25) is 8.42 Å². The number of hydrogen-bond acceptors (Lipinski definition) is 8. The van der Waals surface area contributed by atoms with Crippen molar-refractivity contribution < 1.29 is 46.7 Å². The van der Waals surface area contributed by atoms with Crippen LogP contribution in [0.3, 0.4) is 0 Å². The van der Waals surface area contributed by atoms with Gasteiger partial charge in [-0.2, -0.15) is 9.29 Å². The predicted molar refractivity (Wildman–Crippen MR) is 119 cm³/mol. The number of aliphatic hydroxyl groups is 2. The van der Waals surface area contributed by atoms with E-state index >= 15 is 0 Å². The van der Waals surface area contributed by atoms with Crippen LogP contribution in [-0.2, 0) is 20.1 Å². The second-order valence-electron chi connectivity index (χ2n) is 7.61. The molecule has 0 heterocycles. The van der Waals surface area contributed by atoms with Crippen LogP contribution in [0.5, 0.6) is 0 Å². The highest BCUT2D eigenvalue weighted by molar-refractivity contribution is 7.79. The highest BCUT2D eigenvalue weighted by Gasteiger charge is 2.20. The zero-order valence-corrected chi connectivity index (χ0v) is 21.4. The summed E-state index contributed by atoms with van der Waals surface area (Å²) in [6, 6.07) is 0. The molecule has 2 unspecified atom stereocenters. The van der Waals surface area contributed by atoms with E-state index in [1.54, 1.807) is 0 Å². The van der Waals surface area contributed by atoms with Crippen LogP contribution >= 0.6 is 0 Å². The monoisotopic (exact) mass is 476 g/mol. The molecular formula is C20H48N2O8S. The van der Waals surface area contributed by atoms with E-state index in [0.29, 0.717) is 22.4 Å². The highest BCUT2D eigenvalue weighted by Crippen LogP contribution is 2.06. The molecule has 0 saturated heterocycles. The maximum atomic E-state index is 8.84. The molecule has 0 aliphatic rings. The Labute approximate surface area is 190 Å². The molecule has 31 heavy (non-hydrogen) atoms. The first-order chi connectivity index (χ1) is 14.4. The summed E-state index contributed by atoms with van der Waals surface area (Å²) in [4.78, 5) is 11.4. The molecule has 0 aliphatic carbocycles.